The first-order valence-electron chi connectivity index (χ1n) is 3.88. The van der Waals surface area contributed by atoms with E-state index in [2.05, 4.69) is 0 Å². The van der Waals surface area contributed by atoms with Crippen molar-refractivity contribution < 1.29 is 19.3 Å². The second-order valence-corrected chi connectivity index (χ2v) is 2.71. The predicted octanol–water partition coefficient (Wildman–Crippen LogP) is 0.904. The zero-order valence-electron chi connectivity index (χ0n) is 7.14. The van der Waals surface area contributed by atoms with Crippen LogP contribution in [0.1, 0.15) is 6.92 Å². The van der Waals surface area contributed by atoms with Gasteiger partial charge in [-0.2, -0.15) is 0 Å². The average molecular weight is 186 g/mol. The molecule has 3 nitrogen and oxygen atoms in total. The van der Waals surface area contributed by atoms with Crippen LogP contribution in [0.4, 0.5) is 4.39 Å². The van der Waals surface area contributed by atoms with Gasteiger partial charge in [0.15, 0.2) is 0 Å². The third-order valence-electron chi connectivity index (χ3n) is 1.47. The van der Waals surface area contributed by atoms with Crippen LogP contribution in [0.15, 0.2) is 24.3 Å². The van der Waals surface area contributed by atoms with Gasteiger partial charge in [0.1, 0.15) is 17.7 Å². The van der Waals surface area contributed by atoms with Crippen molar-refractivity contribution in [2.45, 2.75) is 19.3 Å². The maximum Gasteiger partial charge on any atom is 0.223 e. The van der Waals surface area contributed by atoms with Crippen LogP contribution >= 0.6 is 0 Å². The third kappa shape index (κ3) is 3.01. The van der Waals surface area contributed by atoms with E-state index in [1.807, 2.05) is 0 Å². The molecule has 0 aliphatic carbocycles. The molecule has 2 atom stereocenters. The first-order chi connectivity index (χ1) is 6.09. The lowest BCUT2D eigenvalue weighted by atomic mass is 10.3. The van der Waals surface area contributed by atoms with Gasteiger partial charge in [-0.15, -0.1) is 0 Å². The molecule has 2 N–H and O–H groups in total. The Morgan fingerprint density at radius 3 is 2.62 bits per heavy atom. The SMILES string of the molecule is C[C@@H](O)C(O)Oc1cccc(F)c1. The summed E-state index contributed by atoms with van der Waals surface area (Å²) in [4.78, 5) is 0. The monoisotopic (exact) mass is 186 g/mol. The molecule has 0 bridgehead atoms. The maximum absolute atomic E-state index is 12.6. The predicted molar refractivity (Wildman–Crippen MR) is 44.7 cm³/mol. The summed E-state index contributed by atoms with van der Waals surface area (Å²) in [6, 6.07) is 5.35. The van der Waals surface area contributed by atoms with Crippen molar-refractivity contribution in [2.24, 2.45) is 0 Å². The van der Waals surface area contributed by atoms with Crippen molar-refractivity contribution in [1.29, 1.82) is 0 Å². The van der Waals surface area contributed by atoms with Crippen LogP contribution in [0.2, 0.25) is 0 Å². The molecule has 1 rings (SSSR count). The summed E-state index contributed by atoms with van der Waals surface area (Å²) in [6.07, 6.45) is -2.34. The minimum absolute atomic E-state index is 0.188. The molecule has 0 heterocycles. The molecule has 1 aromatic rings. The van der Waals surface area contributed by atoms with Crippen LogP contribution in [-0.4, -0.2) is 22.6 Å². The van der Waals surface area contributed by atoms with E-state index in [-0.39, 0.29) is 5.75 Å². The first kappa shape index (κ1) is 9.95. The van der Waals surface area contributed by atoms with Gasteiger partial charge in [0, 0.05) is 6.07 Å². The molecule has 0 radical (unpaired) electrons. The molecule has 0 fully saturated rings. The van der Waals surface area contributed by atoms with Gasteiger partial charge in [-0.05, 0) is 19.1 Å². The van der Waals surface area contributed by atoms with Gasteiger partial charge in [0.05, 0.1) is 0 Å². The minimum Gasteiger partial charge on any atom is -0.462 e. The Hall–Kier alpha value is -1.13. The quantitative estimate of drug-likeness (QED) is 0.689. The molecular weight excluding hydrogens is 175 g/mol. The molecule has 72 valence electrons. The molecule has 4 heteroatoms. The number of ether oxygens (including phenoxy) is 1. The van der Waals surface area contributed by atoms with Crippen LogP contribution in [0.25, 0.3) is 0 Å². The number of hydrogen-bond acceptors (Lipinski definition) is 3. The van der Waals surface area contributed by atoms with Gasteiger partial charge < -0.3 is 14.9 Å². The fraction of sp³-hybridized carbons (Fsp3) is 0.333. The Bertz CT molecular complexity index is 275. The highest BCUT2D eigenvalue weighted by molar-refractivity contribution is 5.22. The van der Waals surface area contributed by atoms with Gasteiger partial charge in [-0.1, -0.05) is 6.07 Å². The highest BCUT2D eigenvalue weighted by Gasteiger charge is 2.12. The number of hydrogen-bond donors (Lipinski definition) is 2. The molecule has 0 spiro atoms. The summed E-state index contributed by atoms with van der Waals surface area (Å²) in [5.74, 6) is -0.260. The van der Waals surface area contributed by atoms with Gasteiger partial charge in [-0.3, -0.25) is 0 Å². The lowest BCUT2D eigenvalue weighted by Crippen LogP contribution is -2.28. The zero-order valence-corrected chi connectivity index (χ0v) is 7.14. The normalized spacial score (nSPS) is 15.1. The van der Waals surface area contributed by atoms with Crippen LogP contribution in [0.5, 0.6) is 5.75 Å². The number of aliphatic hydroxyl groups excluding tert-OH is 2. The molecule has 1 unspecified atom stereocenters. The molecular formula is C9H11FO3. The Balaban J connectivity index is 2.64. The highest BCUT2D eigenvalue weighted by Crippen LogP contribution is 2.13. The smallest absolute Gasteiger partial charge is 0.223 e. The van der Waals surface area contributed by atoms with Crippen LogP contribution in [0.3, 0.4) is 0 Å². The summed E-state index contributed by atoms with van der Waals surface area (Å²) in [5.41, 5.74) is 0. The second kappa shape index (κ2) is 4.20. The summed E-state index contributed by atoms with van der Waals surface area (Å²) in [6.45, 7) is 1.38. The van der Waals surface area contributed by atoms with Crippen molar-refractivity contribution in [1.82, 2.24) is 0 Å². The lowest BCUT2D eigenvalue weighted by molar-refractivity contribution is -0.0960. The molecule has 13 heavy (non-hydrogen) atoms. The minimum atomic E-state index is -1.33. The Labute approximate surface area is 75.4 Å². The van der Waals surface area contributed by atoms with E-state index in [0.29, 0.717) is 0 Å². The van der Waals surface area contributed by atoms with Crippen LogP contribution in [-0.2, 0) is 0 Å². The second-order valence-electron chi connectivity index (χ2n) is 2.71. The van der Waals surface area contributed by atoms with Gasteiger partial charge in [-0.25, -0.2) is 4.39 Å². The van der Waals surface area contributed by atoms with Crippen LogP contribution in [0, 0.1) is 5.82 Å². The zero-order chi connectivity index (χ0) is 9.84. The van der Waals surface area contributed by atoms with E-state index in [0.717, 1.165) is 6.07 Å². The van der Waals surface area contributed by atoms with Crippen molar-refractivity contribution in [3.8, 4) is 5.75 Å². The van der Waals surface area contributed by atoms with Crippen molar-refractivity contribution in [2.75, 3.05) is 0 Å². The van der Waals surface area contributed by atoms with E-state index in [9.17, 15) is 4.39 Å². The van der Waals surface area contributed by atoms with Crippen molar-refractivity contribution in [3.63, 3.8) is 0 Å². The maximum atomic E-state index is 12.6. The van der Waals surface area contributed by atoms with E-state index in [1.165, 1.54) is 25.1 Å². The van der Waals surface area contributed by atoms with Crippen LogP contribution < -0.4 is 4.74 Å². The van der Waals surface area contributed by atoms with E-state index in [4.69, 9.17) is 14.9 Å². The fourth-order valence-corrected chi connectivity index (χ4v) is 0.778. The molecule has 1 aromatic carbocycles. The summed E-state index contributed by atoms with van der Waals surface area (Å²) in [7, 11) is 0. The standard InChI is InChI=1S/C9H11FO3/c1-6(11)9(12)13-8-4-2-3-7(10)5-8/h2-6,9,11-12H,1H3/t6-,9?/m1/s1. The first-order valence-corrected chi connectivity index (χ1v) is 3.88. The molecule has 0 saturated heterocycles. The summed E-state index contributed by atoms with van der Waals surface area (Å²) in [5, 5.41) is 18.0. The molecule has 0 aliphatic rings. The van der Waals surface area contributed by atoms with Crippen molar-refractivity contribution >= 4 is 0 Å². The molecule has 0 saturated carbocycles. The molecule has 0 aromatic heterocycles. The van der Waals surface area contributed by atoms with E-state index >= 15 is 0 Å². The van der Waals surface area contributed by atoms with Crippen molar-refractivity contribution in [3.05, 3.63) is 30.1 Å². The fourth-order valence-electron chi connectivity index (χ4n) is 0.778. The highest BCUT2D eigenvalue weighted by atomic mass is 19.1. The van der Waals surface area contributed by atoms with Gasteiger partial charge in [0.2, 0.25) is 6.29 Å². The average Bonchev–Trinajstić information content (AvgIpc) is 2.04. The third-order valence-corrected chi connectivity index (χ3v) is 1.47. The van der Waals surface area contributed by atoms with E-state index in [1.54, 1.807) is 0 Å². The molecule has 0 amide bonds. The van der Waals surface area contributed by atoms with Gasteiger partial charge >= 0.3 is 0 Å². The Morgan fingerprint density at radius 1 is 1.38 bits per heavy atom. The number of halogens is 1. The summed E-state index contributed by atoms with van der Waals surface area (Å²) >= 11 is 0. The molecule has 0 aliphatic heterocycles. The number of benzene rings is 1. The topological polar surface area (TPSA) is 49.7 Å². The number of aliphatic hydroxyl groups is 2. The largest absolute Gasteiger partial charge is 0.462 e. The van der Waals surface area contributed by atoms with E-state index < -0.39 is 18.2 Å². The van der Waals surface area contributed by atoms with Gasteiger partial charge in [0.25, 0.3) is 0 Å². The Kier molecular flexibility index (Phi) is 3.22. The summed E-state index contributed by atoms with van der Waals surface area (Å²) < 4.78 is 17.4. The number of rotatable bonds is 3. The Morgan fingerprint density at radius 2 is 2.08 bits per heavy atom. The lowest BCUT2D eigenvalue weighted by Gasteiger charge is -2.15.